The third kappa shape index (κ3) is 55.9. The van der Waals surface area contributed by atoms with Crippen LogP contribution in [0.2, 0.25) is 0 Å². The third-order valence-corrected chi connectivity index (χ3v) is 12.7. The quantitative estimate of drug-likeness (QED) is 0.0243. The summed E-state index contributed by atoms with van der Waals surface area (Å²) in [5.74, 6) is -0.223. The van der Waals surface area contributed by atoms with E-state index in [1.165, 1.54) is 51.4 Å². The number of phosphoric acid groups is 1. The lowest BCUT2D eigenvalue weighted by Crippen LogP contribution is -2.45. The van der Waals surface area contributed by atoms with Crippen LogP contribution in [0, 0.1) is 0 Å². The summed E-state index contributed by atoms with van der Waals surface area (Å²) in [6.07, 6.45) is 84.9. The summed E-state index contributed by atoms with van der Waals surface area (Å²) >= 11 is 0. The molecule has 0 heterocycles. The van der Waals surface area contributed by atoms with Crippen LogP contribution in [0.1, 0.15) is 194 Å². The van der Waals surface area contributed by atoms with Crippen LogP contribution >= 0.6 is 7.82 Å². The number of aliphatic hydroxyl groups excluding tert-OH is 1. The Morgan fingerprint density at radius 3 is 1.24 bits per heavy atom. The molecule has 0 radical (unpaired) electrons. The number of amides is 1. The van der Waals surface area contributed by atoms with Crippen molar-refractivity contribution in [3.63, 3.8) is 0 Å². The number of nitrogens with zero attached hydrogens (tertiary/aromatic N) is 1. The predicted molar refractivity (Wildman–Crippen MR) is 322 cm³/mol. The van der Waals surface area contributed by atoms with Gasteiger partial charge in [0.15, 0.2) is 0 Å². The maximum absolute atomic E-state index is 13.0. The Balaban J connectivity index is 4.34. The first-order chi connectivity index (χ1) is 36.0. The van der Waals surface area contributed by atoms with Crippen LogP contribution in [0.4, 0.5) is 0 Å². The van der Waals surface area contributed by atoms with Crippen molar-refractivity contribution in [2.24, 2.45) is 0 Å². The van der Waals surface area contributed by atoms with E-state index >= 15 is 0 Å². The summed E-state index contributed by atoms with van der Waals surface area (Å²) in [4.78, 5) is 23.3. The van der Waals surface area contributed by atoms with Gasteiger partial charge in [-0.15, -0.1) is 0 Å². The number of aliphatic hydroxyl groups is 1. The molecule has 0 aromatic rings. The Kier molecular flexibility index (Phi) is 51.1. The number of likely N-dealkylation sites (N-methyl/N-ethyl adjacent to an activating group) is 1. The second kappa shape index (κ2) is 53.9. The van der Waals surface area contributed by atoms with Gasteiger partial charge in [0.05, 0.1) is 39.9 Å². The minimum absolute atomic E-state index is 0.0390. The van der Waals surface area contributed by atoms with Crippen LogP contribution in [-0.4, -0.2) is 73.4 Å². The molecule has 3 atom stereocenters. The number of carbonyl (C=O) groups is 1. The summed E-state index contributed by atoms with van der Waals surface area (Å²) in [6, 6.07) is -0.896. The molecule has 0 aliphatic rings. The molecular formula is C65H108N2O6P+. The molecule has 0 aromatic carbocycles. The number of allylic oxidation sites excluding steroid dienone is 25. The Morgan fingerprint density at radius 1 is 0.473 bits per heavy atom. The topological polar surface area (TPSA) is 105 Å². The average molecular weight is 1040 g/mol. The van der Waals surface area contributed by atoms with E-state index in [-0.39, 0.29) is 19.1 Å². The summed E-state index contributed by atoms with van der Waals surface area (Å²) in [5.41, 5.74) is 0. The van der Waals surface area contributed by atoms with Crippen molar-refractivity contribution in [1.29, 1.82) is 0 Å². The van der Waals surface area contributed by atoms with E-state index in [2.05, 4.69) is 165 Å². The molecule has 8 nitrogen and oxygen atoms in total. The summed E-state index contributed by atoms with van der Waals surface area (Å²) < 4.78 is 23.6. The monoisotopic (exact) mass is 1040 g/mol. The van der Waals surface area contributed by atoms with Crippen LogP contribution < -0.4 is 5.32 Å². The van der Waals surface area contributed by atoms with Crippen LogP contribution in [0.5, 0.6) is 0 Å². The lowest BCUT2D eigenvalue weighted by atomic mass is 10.1. The highest BCUT2D eigenvalue weighted by atomic mass is 31.2. The van der Waals surface area contributed by atoms with Crippen molar-refractivity contribution in [2.45, 2.75) is 206 Å². The van der Waals surface area contributed by atoms with Crippen molar-refractivity contribution >= 4 is 13.7 Å². The Bertz CT molecular complexity index is 1750. The van der Waals surface area contributed by atoms with E-state index in [0.29, 0.717) is 17.4 Å². The summed E-state index contributed by atoms with van der Waals surface area (Å²) in [6.45, 7) is 4.62. The molecule has 0 fully saturated rings. The van der Waals surface area contributed by atoms with Crippen molar-refractivity contribution in [2.75, 3.05) is 40.9 Å². The molecular weight excluding hydrogens is 936 g/mol. The molecule has 0 aromatic heterocycles. The Labute approximate surface area is 454 Å². The van der Waals surface area contributed by atoms with Gasteiger partial charge in [-0.05, 0) is 122 Å². The van der Waals surface area contributed by atoms with Gasteiger partial charge in [-0.25, -0.2) is 4.57 Å². The maximum atomic E-state index is 13.0. The molecule has 0 aliphatic heterocycles. The minimum atomic E-state index is -4.38. The van der Waals surface area contributed by atoms with Gasteiger partial charge in [0.25, 0.3) is 0 Å². The second-order valence-electron chi connectivity index (χ2n) is 19.9. The fourth-order valence-electron chi connectivity index (χ4n) is 7.22. The molecule has 1 amide bonds. The third-order valence-electron chi connectivity index (χ3n) is 11.7. The highest BCUT2D eigenvalue weighted by molar-refractivity contribution is 7.47. The molecule has 3 unspecified atom stereocenters. The highest BCUT2D eigenvalue weighted by Gasteiger charge is 2.27. The SMILES string of the molecule is CC/C=C\C/C=C\C/C=C\C/C=C\C/C=C\C/C=C\C/C=C\C/C=C\C/C=C\C/C=C\CCCCCCC(=O)NC(COP(=O)(O)OCC[N+](C)(C)C)C(O)/C=C/CC/C=C/CC/C=C/CCCCCCCCC. The Hall–Kier alpha value is -3.88. The number of phosphoric ester groups is 1. The predicted octanol–water partition coefficient (Wildman–Crippen LogP) is 17.9. The molecule has 0 bridgehead atoms. The molecule has 0 saturated carbocycles. The van der Waals surface area contributed by atoms with Gasteiger partial charge < -0.3 is 19.8 Å². The number of quaternary nitrogens is 1. The minimum Gasteiger partial charge on any atom is -0.387 e. The zero-order valence-corrected chi connectivity index (χ0v) is 48.4. The van der Waals surface area contributed by atoms with Gasteiger partial charge in [-0.1, -0.05) is 223 Å². The van der Waals surface area contributed by atoms with Crippen molar-refractivity contribution in [1.82, 2.24) is 5.32 Å². The normalized spacial score (nSPS) is 15.1. The van der Waals surface area contributed by atoms with Gasteiger partial charge in [-0.2, -0.15) is 0 Å². The van der Waals surface area contributed by atoms with Crippen molar-refractivity contribution < 1.29 is 32.9 Å². The first kappa shape index (κ1) is 70.1. The first-order valence-corrected chi connectivity index (χ1v) is 30.4. The van der Waals surface area contributed by atoms with Crippen molar-refractivity contribution in [3.05, 3.63) is 158 Å². The zero-order chi connectivity index (χ0) is 54.2. The van der Waals surface area contributed by atoms with Crippen LogP contribution in [0.15, 0.2) is 158 Å². The van der Waals surface area contributed by atoms with Gasteiger partial charge in [0, 0.05) is 6.42 Å². The molecule has 9 heteroatoms. The van der Waals surface area contributed by atoms with Gasteiger partial charge in [0.1, 0.15) is 13.2 Å². The van der Waals surface area contributed by atoms with E-state index in [9.17, 15) is 19.4 Å². The van der Waals surface area contributed by atoms with Gasteiger partial charge in [0.2, 0.25) is 5.91 Å². The summed E-state index contributed by atoms with van der Waals surface area (Å²) in [7, 11) is 1.50. The molecule has 0 saturated heterocycles. The average Bonchev–Trinajstić information content (AvgIpc) is 3.36. The lowest BCUT2D eigenvalue weighted by molar-refractivity contribution is -0.870. The number of unbranched alkanes of at least 4 members (excludes halogenated alkanes) is 13. The Morgan fingerprint density at radius 2 is 0.824 bits per heavy atom. The van der Waals surface area contributed by atoms with Crippen LogP contribution in [0.25, 0.3) is 0 Å². The summed E-state index contributed by atoms with van der Waals surface area (Å²) in [5, 5.41) is 13.9. The highest BCUT2D eigenvalue weighted by Crippen LogP contribution is 2.43. The first-order valence-electron chi connectivity index (χ1n) is 28.9. The number of rotatable bonds is 50. The lowest BCUT2D eigenvalue weighted by Gasteiger charge is -2.25. The van der Waals surface area contributed by atoms with E-state index in [4.69, 9.17) is 9.05 Å². The van der Waals surface area contributed by atoms with Crippen molar-refractivity contribution in [3.8, 4) is 0 Å². The van der Waals surface area contributed by atoms with E-state index < -0.39 is 20.0 Å². The molecule has 0 spiro atoms. The second-order valence-corrected chi connectivity index (χ2v) is 21.4. The fourth-order valence-corrected chi connectivity index (χ4v) is 7.95. The smallest absolute Gasteiger partial charge is 0.387 e. The number of hydrogen-bond acceptors (Lipinski definition) is 5. The zero-order valence-electron chi connectivity index (χ0n) is 47.5. The molecule has 0 aliphatic carbocycles. The van der Waals surface area contributed by atoms with Crippen LogP contribution in [0.3, 0.4) is 0 Å². The van der Waals surface area contributed by atoms with E-state index in [1.807, 2.05) is 27.2 Å². The van der Waals surface area contributed by atoms with Gasteiger partial charge >= 0.3 is 7.82 Å². The number of carbonyl (C=O) groups excluding carboxylic acids is 1. The standard InChI is InChI=1S/C65H107N2O6P/c1-6-8-10-12-14-16-18-20-22-24-25-26-27-28-29-30-31-32-33-34-35-36-37-38-39-40-41-43-45-47-49-51-53-55-57-59-65(69)66-63(62-73-74(70,71)72-61-60-67(3,4)5)64(68)58-56-54-52-50-48-46-44-42-23-21-19-17-15-13-11-9-7-2/h8,10,14,16,20,22-23,25-26,28-29,31-32,34-35,37-38,40-42,45,47-48,50,56,58,63-64,68H,6-7,9,11-13,15,17-19,21,24,27,30,33,36,39,43-44,46,49,51-55,57,59-62H2,1-5H3,(H-,66,69,70,71)/p+1/b10-8-,16-14-,22-20-,26-25-,29-28-,32-31-,35-34-,38-37-,41-40-,42-23+,47-45-,50-48+,58-56+. The molecule has 3 N–H and O–H groups in total. The molecule has 74 heavy (non-hydrogen) atoms. The van der Waals surface area contributed by atoms with Crippen LogP contribution in [-0.2, 0) is 18.4 Å². The number of nitrogens with one attached hydrogen (secondary N) is 1. The molecule has 418 valence electrons. The largest absolute Gasteiger partial charge is 0.472 e. The molecule has 0 rings (SSSR count). The fraction of sp³-hybridized carbons (Fsp3) is 0.585. The van der Waals surface area contributed by atoms with E-state index in [1.54, 1.807) is 6.08 Å². The maximum Gasteiger partial charge on any atom is 0.472 e. The van der Waals surface area contributed by atoms with E-state index in [0.717, 1.165) is 122 Å². The van der Waals surface area contributed by atoms with Gasteiger partial charge in [-0.3, -0.25) is 13.8 Å². The number of hydrogen-bond donors (Lipinski definition) is 3.